The second kappa shape index (κ2) is 9.00. The van der Waals surface area contributed by atoms with Gasteiger partial charge in [-0.2, -0.15) is 0 Å². The Morgan fingerprint density at radius 2 is 2.00 bits per heavy atom. The Balaban J connectivity index is 1.56. The van der Waals surface area contributed by atoms with Crippen molar-refractivity contribution in [3.63, 3.8) is 0 Å². The van der Waals surface area contributed by atoms with Gasteiger partial charge in [0.05, 0.1) is 12.1 Å². The zero-order valence-electron chi connectivity index (χ0n) is 17.5. The molecule has 2 N–H and O–H groups in total. The molecule has 2 aromatic rings. The topological polar surface area (TPSA) is 89.3 Å². The normalized spacial score (nSPS) is 21.4. The van der Waals surface area contributed by atoms with Crippen molar-refractivity contribution in [1.82, 2.24) is 19.8 Å². The van der Waals surface area contributed by atoms with Crippen LogP contribution in [0.25, 0.3) is 0 Å². The standard InChI is InChI=1S/C23H30N4O3/c1-2-26-11-5-8-20(26)15-27(14-19-13-24-23(30)25-21(19)28)22(29)18-10-9-16-6-3-4-7-17(16)12-18/h3-4,6-7,13,18,20H,2,5,8-12,14-15H2,1H3,(H2,24,25,28,30)/t18-,20-/m1/s1. The predicted octanol–water partition coefficient (Wildman–Crippen LogP) is 1.68. The van der Waals surface area contributed by atoms with Crippen molar-refractivity contribution >= 4 is 5.91 Å². The minimum Gasteiger partial charge on any atom is -0.336 e. The Hall–Kier alpha value is -2.67. The molecule has 1 aromatic heterocycles. The van der Waals surface area contributed by atoms with Gasteiger partial charge in [0.1, 0.15) is 0 Å². The van der Waals surface area contributed by atoms with Gasteiger partial charge < -0.3 is 9.88 Å². The quantitative estimate of drug-likeness (QED) is 0.758. The number of carbonyl (C=O) groups is 1. The third-order valence-electron chi connectivity index (χ3n) is 6.60. The fourth-order valence-corrected chi connectivity index (χ4v) is 4.93. The van der Waals surface area contributed by atoms with Crippen molar-refractivity contribution in [3.05, 3.63) is 68.0 Å². The SMILES string of the molecule is CCN1CCC[C@@H]1CN(Cc1c[nH]c(=O)[nH]c1=O)C(=O)[C@@H]1CCc2ccccc2C1. The van der Waals surface area contributed by atoms with Crippen LogP contribution in [0.3, 0.4) is 0 Å². The number of aromatic amines is 2. The van der Waals surface area contributed by atoms with Crippen LogP contribution < -0.4 is 11.2 Å². The number of amides is 1. The minimum absolute atomic E-state index is 0.0711. The van der Waals surface area contributed by atoms with E-state index in [4.69, 9.17) is 0 Å². The second-order valence-electron chi connectivity index (χ2n) is 8.45. The molecule has 1 fully saturated rings. The van der Waals surface area contributed by atoms with Crippen LogP contribution in [0.2, 0.25) is 0 Å². The molecule has 0 saturated carbocycles. The van der Waals surface area contributed by atoms with E-state index < -0.39 is 11.2 Å². The summed E-state index contributed by atoms with van der Waals surface area (Å²) in [6.45, 7) is 5.00. The fraction of sp³-hybridized carbons (Fsp3) is 0.522. The molecule has 0 spiro atoms. The molecular formula is C23H30N4O3. The number of aryl methyl sites for hydroxylation is 1. The van der Waals surface area contributed by atoms with E-state index in [1.54, 1.807) is 0 Å². The summed E-state index contributed by atoms with van der Waals surface area (Å²) in [7, 11) is 0. The third kappa shape index (κ3) is 4.41. The van der Waals surface area contributed by atoms with Gasteiger partial charge in [0.15, 0.2) is 0 Å². The summed E-state index contributed by atoms with van der Waals surface area (Å²) in [6, 6.07) is 8.65. The van der Waals surface area contributed by atoms with Gasteiger partial charge in [0.2, 0.25) is 5.91 Å². The summed E-state index contributed by atoms with van der Waals surface area (Å²) in [4.78, 5) is 46.3. The van der Waals surface area contributed by atoms with Crippen LogP contribution in [0.1, 0.15) is 42.9 Å². The molecule has 30 heavy (non-hydrogen) atoms. The fourth-order valence-electron chi connectivity index (χ4n) is 4.93. The number of H-pyrrole nitrogens is 2. The number of carbonyl (C=O) groups excluding carboxylic acids is 1. The first-order chi connectivity index (χ1) is 14.5. The highest BCUT2D eigenvalue weighted by molar-refractivity contribution is 5.79. The van der Waals surface area contributed by atoms with E-state index in [9.17, 15) is 14.4 Å². The van der Waals surface area contributed by atoms with E-state index in [0.717, 1.165) is 45.2 Å². The highest BCUT2D eigenvalue weighted by Crippen LogP contribution is 2.28. The third-order valence-corrected chi connectivity index (χ3v) is 6.60. The number of rotatable bonds is 6. The summed E-state index contributed by atoms with van der Waals surface area (Å²) < 4.78 is 0. The number of aromatic nitrogens is 2. The largest absolute Gasteiger partial charge is 0.336 e. The lowest BCUT2D eigenvalue weighted by molar-refractivity contribution is -0.137. The Morgan fingerprint density at radius 1 is 1.20 bits per heavy atom. The molecule has 7 nitrogen and oxygen atoms in total. The van der Waals surface area contributed by atoms with E-state index in [0.29, 0.717) is 18.2 Å². The monoisotopic (exact) mass is 410 g/mol. The van der Waals surface area contributed by atoms with Gasteiger partial charge in [0, 0.05) is 24.7 Å². The van der Waals surface area contributed by atoms with Gasteiger partial charge in [-0.15, -0.1) is 0 Å². The Morgan fingerprint density at radius 3 is 2.77 bits per heavy atom. The number of nitrogens with one attached hydrogen (secondary N) is 2. The van der Waals surface area contributed by atoms with Crippen LogP contribution in [0.15, 0.2) is 40.1 Å². The highest BCUT2D eigenvalue weighted by Gasteiger charge is 2.32. The van der Waals surface area contributed by atoms with Gasteiger partial charge in [-0.3, -0.25) is 19.5 Å². The Labute approximate surface area is 176 Å². The maximum Gasteiger partial charge on any atom is 0.325 e. The van der Waals surface area contributed by atoms with E-state index in [-0.39, 0.29) is 18.4 Å². The lowest BCUT2D eigenvalue weighted by atomic mass is 9.83. The maximum atomic E-state index is 13.6. The molecule has 4 rings (SSSR count). The maximum absolute atomic E-state index is 13.6. The lowest BCUT2D eigenvalue weighted by Crippen LogP contribution is -2.46. The lowest BCUT2D eigenvalue weighted by Gasteiger charge is -2.34. The average molecular weight is 411 g/mol. The van der Waals surface area contributed by atoms with Gasteiger partial charge >= 0.3 is 5.69 Å². The number of nitrogens with zero attached hydrogens (tertiary/aromatic N) is 2. The predicted molar refractivity (Wildman–Crippen MR) is 115 cm³/mol. The molecule has 1 aliphatic carbocycles. The van der Waals surface area contributed by atoms with Crippen molar-refractivity contribution < 1.29 is 4.79 Å². The summed E-state index contributed by atoms with van der Waals surface area (Å²) in [5.74, 6) is 0.0382. The van der Waals surface area contributed by atoms with Crippen LogP contribution in [-0.4, -0.2) is 51.4 Å². The first kappa shape index (κ1) is 20.6. The van der Waals surface area contributed by atoms with Gasteiger partial charge in [0.25, 0.3) is 5.56 Å². The van der Waals surface area contributed by atoms with Gasteiger partial charge in [-0.05, 0) is 56.3 Å². The molecule has 2 atom stereocenters. The number of likely N-dealkylation sites (N-methyl/N-ethyl adjacent to an activating group) is 1. The highest BCUT2D eigenvalue weighted by atomic mass is 16.2. The van der Waals surface area contributed by atoms with Gasteiger partial charge in [-0.1, -0.05) is 31.2 Å². The van der Waals surface area contributed by atoms with Crippen LogP contribution >= 0.6 is 0 Å². The molecule has 2 aliphatic rings. The Kier molecular flexibility index (Phi) is 6.18. The average Bonchev–Trinajstić information content (AvgIpc) is 3.21. The number of likely N-dealkylation sites (tertiary alicyclic amines) is 1. The first-order valence-electron chi connectivity index (χ1n) is 11.0. The smallest absolute Gasteiger partial charge is 0.325 e. The minimum atomic E-state index is -0.529. The number of hydrogen-bond donors (Lipinski definition) is 2. The van der Waals surface area contributed by atoms with Crippen molar-refractivity contribution in [1.29, 1.82) is 0 Å². The molecule has 2 heterocycles. The second-order valence-corrected chi connectivity index (χ2v) is 8.45. The van der Waals surface area contributed by atoms with Crippen LogP contribution in [0, 0.1) is 5.92 Å². The van der Waals surface area contributed by atoms with E-state index >= 15 is 0 Å². The molecule has 1 amide bonds. The molecule has 0 unspecified atom stereocenters. The number of fused-ring (bicyclic) bond motifs is 1. The molecule has 1 saturated heterocycles. The molecule has 7 heteroatoms. The molecular weight excluding hydrogens is 380 g/mol. The van der Waals surface area contributed by atoms with Crippen LogP contribution in [-0.2, 0) is 24.2 Å². The molecule has 160 valence electrons. The molecule has 1 aromatic carbocycles. The molecule has 0 bridgehead atoms. The summed E-state index contributed by atoms with van der Waals surface area (Å²) >= 11 is 0. The van der Waals surface area contributed by atoms with Crippen molar-refractivity contribution in [2.45, 2.75) is 51.6 Å². The van der Waals surface area contributed by atoms with Crippen molar-refractivity contribution in [2.75, 3.05) is 19.6 Å². The zero-order chi connectivity index (χ0) is 21.1. The summed E-state index contributed by atoms with van der Waals surface area (Å²) in [5, 5.41) is 0. The number of hydrogen-bond acceptors (Lipinski definition) is 4. The van der Waals surface area contributed by atoms with E-state index in [1.807, 2.05) is 11.0 Å². The molecule has 0 radical (unpaired) electrons. The van der Waals surface area contributed by atoms with Crippen LogP contribution in [0.5, 0.6) is 0 Å². The summed E-state index contributed by atoms with van der Waals surface area (Å²) in [6.07, 6.45) is 6.11. The van der Waals surface area contributed by atoms with E-state index in [2.05, 4.69) is 40.0 Å². The zero-order valence-corrected chi connectivity index (χ0v) is 17.5. The van der Waals surface area contributed by atoms with E-state index in [1.165, 1.54) is 17.3 Å². The van der Waals surface area contributed by atoms with Crippen molar-refractivity contribution in [2.24, 2.45) is 5.92 Å². The van der Waals surface area contributed by atoms with Crippen LogP contribution in [0.4, 0.5) is 0 Å². The molecule has 1 aliphatic heterocycles. The Bertz CT molecular complexity index is 1010. The first-order valence-corrected chi connectivity index (χ1v) is 11.0. The van der Waals surface area contributed by atoms with Gasteiger partial charge in [-0.25, -0.2) is 4.79 Å². The number of benzene rings is 1. The van der Waals surface area contributed by atoms with Crippen molar-refractivity contribution in [3.8, 4) is 0 Å². The summed E-state index contributed by atoms with van der Waals surface area (Å²) in [5.41, 5.74) is 2.04.